The van der Waals surface area contributed by atoms with Gasteiger partial charge in [0.1, 0.15) is 0 Å². The Morgan fingerprint density at radius 1 is 0.374 bits per heavy atom. The summed E-state index contributed by atoms with van der Waals surface area (Å²) in [6.07, 6.45) is 7.71. The Labute approximate surface area is 622 Å². The number of para-hydroxylation sites is 1. The summed E-state index contributed by atoms with van der Waals surface area (Å²) in [5.41, 5.74) is 20.6. The van der Waals surface area contributed by atoms with Gasteiger partial charge in [0.15, 0.2) is 7.14 Å². The van der Waals surface area contributed by atoms with Gasteiger partial charge in [0.25, 0.3) is 0 Å². The minimum absolute atomic E-state index is 0. The van der Waals surface area contributed by atoms with E-state index in [4.69, 9.17) is 9.76 Å². The Balaban J connectivity index is 0.000000158. The number of hydrogen-bond acceptors (Lipinski definition) is 5. The second-order valence-electron chi connectivity index (χ2n) is 24.2. The molecular formula is C87H70N3O3P3Rh3-2. The van der Waals surface area contributed by atoms with Crippen LogP contribution in [0.15, 0.2) is 319 Å². The van der Waals surface area contributed by atoms with Gasteiger partial charge >= 0.3 is 19.5 Å². The third-order valence-electron chi connectivity index (χ3n) is 17.7. The fourth-order valence-electron chi connectivity index (χ4n) is 13.2. The van der Waals surface area contributed by atoms with E-state index in [-0.39, 0.29) is 58.4 Å². The molecule has 12 heteroatoms. The molecule has 99 heavy (non-hydrogen) atoms. The van der Waals surface area contributed by atoms with Crippen LogP contribution >= 0.6 is 21.6 Å². The van der Waals surface area contributed by atoms with Gasteiger partial charge in [-0.2, -0.15) is 36.6 Å². The van der Waals surface area contributed by atoms with Gasteiger partial charge in [0.05, 0.1) is 0 Å². The van der Waals surface area contributed by atoms with E-state index in [1.807, 2.05) is 236 Å². The average Bonchev–Trinajstić information content (AvgIpc) is 1.63. The first-order chi connectivity index (χ1) is 46.7. The summed E-state index contributed by atoms with van der Waals surface area (Å²) >= 11 is 0. The normalized spacial score (nSPS) is 17.2. The van der Waals surface area contributed by atoms with E-state index >= 15 is 0 Å². The molecule has 0 saturated carbocycles. The minimum atomic E-state index is -3.19. The summed E-state index contributed by atoms with van der Waals surface area (Å²) in [7, 11) is -9.31. The molecule has 495 valence electrons. The topological polar surface area (TPSA) is 79.2 Å². The first kappa shape index (κ1) is 73.3. The zero-order chi connectivity index (χ0) is 66.4. The van der Waals surface area contributed by atoms with Crippen molar-refractivity contribution >= 4 is 70.3 Å². The molecule has 0 amide bonds. The molecule has 0 aliphatic carbocycles. The van der Waals surface area contributed by atoms with Crippen LogP contribution in [0.2, 0.25) is 0 Å². The Morgan fingerprint density at radius 3 is 1.15 bits per heavy atom. The first-order valence-electron chi connectivity index (χ1n) is 32.1. The standard InChI is InChI=1S/C29H24NOP.2C29H23NOP.3Rh/c1-22-18-25(24-12-6-3-7-13-24)19-23(2)29(22)28-20-30(26-14-8-4-9-15-26)21-32(28,31)27-16-10-5-11-17-27;1-21-18-25(23-12-6-3-7-13-23)19-22(2)28(21)27-20-30-29(24-14-8-4-9-15-24)32(27,31)26-16-10-5-11-17-26;1-21-18-25(23-12-6-3-7-13-23)19-22(2)29(21)28-20-27(24-14-8-4-9-15-24)30-32(28,31)26-16-10-5-11-17-26;;;/h3-14,16-21H,1-2H3;2*3-14,16-20H,1-2H3;;;/q-2;2*-1;;;+2. The number of benzene rings is 12. The number of hydrogen-bond donors (Lipinski definition) is 0. The van der Waals surface area contributed by atoms with Gasteiger partial charge < -0.3 is 14.0 Å². The summed E-state index contributed by atoms with van der Waals surface area (Å²) in [5, 5.41) is 4.86. The second-order valence-corrected chi connectivity index (χ2v) is 31.8. The van der Waals surface area contributed by atoms with Crippen LogP contribution in [0.3, 0.4) is 0 Å². The van der Waals surface area contributed by atoms with Crippen molar-refractivity contribution in [3.8, 4) is 33.4 Å². The summed E-state index contributed by atoms with van der Waals surface area (Å²) in [6, 6.07) is 106. The third kappa shape index (κ3) is 15.2. The molecule has 3 aliphatic heterocycles. The number of aryl methyl sites for hydroxylation is 6. The van der Waals surface area contributed by atoms with Crippen molar-refractivity contribution in [3.63, 3.8) is 0 Å². The molecule has 3 radical (unpaired) electrons. The van der Waals surface area contributed by atoms with Gasteiger partial charge in [0.2, 0.25) is 7.29 Å². The SMILES string of the molecule is Cc1cc(-c2ccccc2)cc(C)c1C1=CC(c2[c-]cccc2)=NP1(=O)c1ccccc1.Cc1cc(-c2ccccc2)cc(C)c1C1=CN(c2[c-]cccc2)[CH-]P1(=O)c1ccccc1.Cc1cc(-c2ccccc2)cc(C)c1C1=CN=C(c2[c-]cccc2)P1(=O)c1ccccc1.[Rh+2].[Rh].[Rh]. The molecule has 0 N–H and O–H groups in total. The fraction of sp³-hybridized carbons (Fsp3) is 0.0690. The van der Waals surface area contributed by atoms with E-state index in [1.165, 1.54) is 22.3 Å². The van der Waals surface area contributed by atoms with Crippen molar-refractivity contribution in [2.24, 2.45) is 9.76 Å². The fourth-order valence-corrected chi connectivity index (χ4v) is 21.3. The third-order valence-corrected chi connectivity index (χ3v) is 25.9. The smallest absolute Gasteiger partial charge is 0.512 e. The van der Waals surface area contributed by atoms with Gasteiger partial charge in [0, 0.05) is 84.3 Å². The van der Waals surface area contributed by atoms with Crippen LogP contribution in [0.5, 0.6) is 0 Å². The van der Waals surface area contributed by atoms with Gasteiger partial charge in [-0.1, -0.05) is 212 Å². The molecule has 0 fully saturated rings. The van der Waals surface area contributed by atoms with Crippen LogP contribution in [0.25, 0.3) is 49.3 Å². The molecule has 0 bridgehead atoms. The molecular weight excluding hydrogens is 1540 g/mol. The molecule has 12 aromatic carbocycles. The quantitative estimate of drug-likeness (QED) is 0.0694. The molecule has 6 nitrogen and oxygen atoms in total. The van der Waals surface area contributed by atoms with Crippen LogP contribution in [0, 0.1) is 66.0 Å². The Kier molecular flexibility index (Phi) is 23.9. The van der Waals surface area contributed by atoms with Crippen molar-refractivity contribution in [1.29, 1.82) is 0 Å². The van der Waals surface area contributed by atoms with Crippen molar-refractivity contribution in [2.75, 3.05) is 4.90 Å². The summed E-state index contributed by atoms with van der Waals surface area (Å²) in [5.74, 6) is 0. The van der Waals surface area contributed by atoms with Crippen LogP contribution in [0.1, 0.15) is 61.2 Å². The summed E-state index contributed by atoms with van der Waals surface area (Å²) in [4.78, 5) is 6.68. The van der Waals surface area contributed by atoms with Crippen molar-refractivity contribution in [2.45, 2.75) is 41.5 Å². The van der Waals surface area contributed by atoms with Crippen LogP contribution in [-0.2, 0) is 72.1 Å². The molecule has 0 saturated heterocycles. The number of rotatable bonds is 12. The minimum Gasteiger partial charge on any atom is -0.512 e. The molecule has 12 aromatic rings. The van der Waals surface area contributed by atoms with Crippen molar-refractivity contribution < 1.29 is 72.1 Å². The number of allylic oxidation sites excluding steroid dienone is 1. The van der Waals surface area contributed by atoms with Crippen LogP contribution in [0.4, 0.5) is 5.69 Å². The molecule has 0 spiro atoms. The van der Waals surface area contributed by atoms with Gasteiger partial charge in [-0.3, -0.25) is 14.3 Å². The van der Waals surface area contributed by atoms with Crippen molar-refractivity contribution in [3.05, 3.63) is 395 Å². The zero-order valence-corrected chi connectivity index (χ0v) is 63.0. The molecule has 0 aromatic heterocycles. The van der Waals surface area contributed by atoms with E-state index in [1.54, 1.807) is 0 Å². The van der Waals surface area contributed by atoms with E-state index in [0.717, 1.165) is 116 Å². The Hall–Kier alpha value is -8.44. The van der Waals surface area contributed by atoms with Crippen LogP contribution in [-0.4, -0.2) is 11.2 Å². The summed E-state index contributed by atoms with van der Waals surface area (Å²) in [6.45, 7) is 12.6. The second kappa shape index (κ2) is 32.3. The average molecular weight is 1610 g/mol. The van der Waals surface area contributed by atoms with Gasteiger partial charge in [-0.15, -0.1) is 77.5 Å². The maximum Gasteiger partial charge on any atom is 2.00 e. The van der Waals surface area contributed by atoms with Crippen molar-refractivity contribution in [1.82, 2.24) is 0 Å². The number of aliphatic imine (C=N–C) groups is 1. The monoisotopic (exact) mass is 1610 g/mol. The van der Waals surface area contributed by atoms with Gasteiger partial charge in [-0.25, -0.2) is 0 Å². The largest absolute Gasteiger partial charge is 2.00 e. The predicted octanol–water partition coefficient (Wildman–Crippen LogP) is 21.8. The van der Waals surface area contributed by atoms with E-state index in [0.29, 0.717) is 5.45 Å². The maximum atomic E-state index is 14.9. The zero-order valence-electron chi connectivity index (χ0n) is 55.4. The Bertz CT molecular complexity index is 4990. The van der Waals surface area contributed by atoms with Crippen LogP contribution < -0.4 is 20.8 Å². The Morgan fingerprint density at radius 2 is 0.737 bits per heavy atom. The summed E-state index contributed by atoms with van der Waals surface area (Å²) < 4.78 is 48.9. The number of anilines is 1. The number of nitrogens with zero attached hydrogens (tertiary/aromatic N) is 3. The molecule has 3 unspecified atom stereocenters. The first-order valence-corrected chi connectivity index (χ1v) is 37.2. The van der Waals surface area contributed by atoms with E-state index in [9.17, 15) is 13.7 Å². The molecule has 3 aliphatic rings. The molecule has 15 rings (SSSR count). The van der Waals surface area contributed by atoms with Gasteiger partial charge in [-0.05, 0) is 154 Å². The molecule has 3 atom stereocenters. The predicted molar refractivity (Wildman–Crippen MR) is 405 cm³/mol. The molecule has 3 heterocycles. The maximum absolute atomic E-state index is 14.9. The van der Waals surface area contributed by atoms with E-state index < -0.39 is 21.6 Å². The van der Waals surface area contributed by atoms with E-state index in [2.05, 4.69) is 145 Å².